The van der Waals surface area contributed by atoms with Crippen molar-refractivity contribution in [3.05, 3.63) is 77.7 Å². The van der Waals surface area contributed by atoms with Gasteiger partial charge in [-0.15, -0.1) is 0 Å². The number of carbonyl (C=O) groups is 2. The Morgan fingerprint density at radius 2 is 1.81 bits per heavy atom. The molecule has 2 aromatic carbocycles. The normalized spacial score (nSPS) is 14.3. The highest BCUT2D eigenvalue weighted by molar-refractivity contribution is 6.03. The van der Waals surface area contributed by atoms with Gasteiger partial charge in [0.05, 0.1) is 17.8 Å². The summed E-state index contributed by atoms with van der Waals surface area (Å²) in [5, 5.41) is 7.21. The summed E-state index contributed by atoms with van der Waals surface area (Å²) in [7, 11) is 3.85. The van der Waals surface area contributed by atoms with E-state index in [1.807, 2.05) is 48.2 Å². The Balaban J connectivity index is 1.42. The SMILES string of the molecule is CN(C)c1ccccc1C(=O)N1CCC(n2nccc2NC(=O)c2cccc(F)c2)CC1. The number of benzene rings is 2. The largest absolute Gasteiger partial charge is 0.377 e. The summed E-state index contributed by atoms with van der Waals surface area (Å²) < 4.78 is 15.2. The van der Waals surface area contributed by atoms with Gasteiger partial charge in [-0.1, -0.05) is 18.2 Å². The first-order valence-corrected chi connectivity index (χ1v) is 10.6. The number of anilines is 2. The molecule has 0 saturated carbocycles. The van der Waals surface area contributed by atoms with Crippen molar-refractivity contribution in [3.63, 3.8) is 0 Å². The number of likely N-dealkylation sites (tertiary alicyclic amines) is 1. The Kier molecular flexibility index (Phi) is 6.20. The summed E-state index contributed by atoms with van der Waals surface area (Å²) in [5.41, 5.74) is 1.84. The minimum Gasteiger partial charge on any atom is -0.377 e. The zero-order chi connectivity index (χ0) is 22.7. The molecule has 1 aromatic heterocycles. The lowest BCUT2D eigenvalue weighted by molar-refractivity contribution is 0.0691. The van der Waals surface area contributed by atoms with Crippen LogP contribution in [0.5, 0.6) is 0 Å². The first-order valence-electron chi connectivity index (χ1n) is 10.6. The number of hydrogen-bond acceptors (Lipinski definition) is 4. The second-order valence-corrected chi connectivity index (χ2v) is 8.06. The van der Waals surface area contributed by atoms with Crippen molar-refractivity contribution in [2.24, 2.45) is 0 Å². The number of para-hydroxylation sites is 1. The van der Waals surface area contributed by atoms with E-state index in [1.165, 1.54) is 18.2 Å². The zero-order valence-corrected chi connectivity index (χ0v) is 18.2. The van der Waals surface area contributed by atoms with Gasteiger partial charge in [0.25, 0.3) is 11.8 Å². The molecule has 32 heavy (non-hydrogen) atoms. The lowest BCUT2D eigenvalue weighted by atomic mass is 10.0. The van der Waals surface area contributed by atoms with E-state index in [1.54, 1.807) is 23.0 Å². The monoisotopic (exact) mass is 435 g/mol. The average molecular weight is 436 g/mol. The van der Waals surface area contributed by atoms with E-state index >= 15 is 0 Å². The molecular weight excluding hydrogens is 409 g/mol. The number of nitrogens with one attached hydrogen (secondary N) is 1. The standard InChI is InChI=1S/C24H26FN5O2/c1-28(2)21-9-4-3-8-20(21)24(32)29-14-11-19(12-15-29)30-22(10-13-26-30)27-23(31)17-6-5-7-18(25)16-17/h3-10,13,16,19H,11-12,14-15H2,1-2H3,(H,27,31). The summed E-state index contributed by atoms with van der Waals surface area (Å²) in [6, 6.07) is 15.0. The smallest absolute Gasteiger partial charge is 0.256 e. The fraction of sp³-hybridized carbons (Fsp3) is 0.292. The van der Waals surface area contributed by atoms with Crippen LogP contribution in [0, 0.1) is 5.82 Å². The fourth-order valence-corrected chi connectivity index (χ4v) is 4.05. The van der Waals surface area contributed by atoms with Gasteiger partial charge in [-0.05, 0) is 43.2 Å². The van der Waals surface area contributed by atoms with Gasteiger partial charge >= 0.3 is 0 Å². The van der Waals surface area contributed by atoms with Gasteiger partial charge < -0.3 is 15.1 Å². The molecule has 4 rings (SSSR count). The Morgan fingerprint density at radius 1 is 1.06 bits per heavy atom. The molecule has 0 radical (unpaired) electrons. The molecule has 3 aromatic rings. The number of amides is 2. The van der Waals surface area contributed by atoms with Crippen molar-refractivity contribution < 1.29 is 14.0 Å². The van der Waals surface area contributed by atoms with E-state index in [0.717, 1.165) is 18.5 Å². The number of carbonyl (C=O) groups excluding carboxylic acids is 2. The van der Waals surface area contributed by atoms with Gasteiger partial charge in [-0.3, -0.25) is 9.59 Å². The van der Waals surface area contributed by atoms with Crippen LogP contribution in [0.2, 0.25) is 0 Å². The molecule has 0 atom stereocenters. The van der Waals surface area contributed by atoms with Gasteiger partial charge in [-0.25, -0.2) is 9.07 Å². The van der Waals surface area contributed by atoms with Crippen LogP contribution in [-0.4, -0.2) is 53.7 Å². The second-order valence-electron chi connectivity index (χ2n) is 8.06. The van der Waals surface area contributed by atoms with Crippen LogP contribution in [0.1, 0.15) is 39.6 Å². The predicted molar refractivity (Wildman–Crippen MR) is 122 cm³/mol. The van der Waals surface area contributed by atoms with E-state index in [9.17, 15) is 14.0 Å². The molecule has 1 N–H and O–H groups in total. The molecule has 1 aliphatic rings. The van der Waals surface area contributed by atoms with Gasteiger partial charge in [-0.2, -0.15) is 5.10 Å². The van der Waals surface area contributed by atoms with Crippen molar-refractivity contribution in [1.82, 2.24) is 14.7 Å². The third-order valence-corrected chi connectivity index (χ3v) is 5.71. The topological polar surface area (TPSA) is 70.5 Å². The molecule has 1 aliphatic heterocycles. The summed E-state index contributed by atoms with van der Waals surface area (Å²) >= 11 is 0. The van der Waals surface area contributed by atoms with Crippen LogP contribution < -0.4 is 10.2 Å². The number of aromatic nitrogens is 2. The van der Waals surface area contributed by atoms with Crippen LogP contribution in [0.25, 0.3) is 0 Å². The number of rotatable bonds is 5. The van der Waals surface area contributed by atoms with Crippen molar-refractivity contribution in [2.45, 2.75) is 18.9 Å². The van der Waals surface area contributed by atoms with E-state index in [-0.39, 0.29) is 23.4 Å². The molecule has 2 heterocycles. The molecule has 0 unspecified atom stereocenters. The van der Waals surface area contributed by atoms with Gasteiger partial charge in [0, 0.05) is 44.5 Å². The van der Waals surface area contributed by atoms with Gasteiger partial charge in [0.1, 0.15) is 11.6 Å². The molecule has 0 aliphatic carbocycles. The number of halogens is 1. The number of nitrogens with zero attached hydrogens (tertiary/aromatic N) is 4. The highest BCUT2D eigenvalue weighted by Gasteiger charge is 2.27. The maximum absolute atomic E-state index is 13.4. The summed E-state index contributed by atoms with van der Waals surface area (Å²) in [5.74, 6) is -0.270. The maximum atomic E-state index is 13.4. The lowest BCUT2D eigenvalue weighted by Crippen LogP contribution is -2.40. The van der Waals surface area contributed by atoms with E-state index in [0.29, 0.717) is 24.5 Å². The summed E-state index contributed by atoms with van der Waals surface area (Å²) in [4.78, 5) is 29.4. The third-order valence-electron chi connectivity index (χ3n) is 5.71. The maximum Gasteiger partial charge on any atom is 0.256 e. The van der Waals surface area contributed by atoms with E-state index in [4.69, 9.17) is 0 Å². The van der Waals surface area contributed by atoms with Crippen molar-refractivity contribution in [3.8, 4) is 0 Å². The molecule has 1 saturated heterocycles. The second kappa shape index (κ2) is 9.21. The average Bonchev–Trinajstić information content (AvgIpc) is 3.26. The molecule has 0 spiro atoms. The highest BCUT2D eigenvalue weighted by atomic mass is 19.1. The molecular formula is C24H26FN5O2. The predicted octanol–water partition coefficient (Wildman–Crippen LogP) is 3.82. The van der Waals surface area contributed by atoms with E-state index in [2.05, 4.69) is 10.4 Å². The lowest BCUT2D eigenvalue weighted by Gasteiger charge is -2.33. The molecule has 8 heteroatoms. The van der Waals surface area contributed by atoms with Crippen LogP contribution in [0.15, 0.2) is 60.8 Å². The van der Waals surface area contributed by atoms with Gasteiger partial charge in [0.2, 0.25) is 0 Å². The van der Waals surface area contributed by atoms with Crippen molar-refractivity contribution in [1.29, 1.82) is 0 Å². The Labute approximate surface area is 186 Å². The van der Waals surface area contributed by atoms with Crippen LogP contribution >= 0.6 is 0 Å². The molecule has 2 amide bonds. The summed E-state index contributed by atoms with van der Waals surface area (Å²) in [6.07, 6.45) is 3.08. The summed E-state index contributed by atoms with van der Waals surface area (Å²) in [6.45, 7) is 1.20. The van der Waals surface area contributed by atoms with Crippen LogP contribution in [-0.2, 0) is 0 Å². The first kappa shape index (κ1) is 21.5. The Bertz CT molecular complexity index is 1120. The molecule has 1 fully saturated rings. The Hall–Kier alpha value is -3.68. The highest BCUT2D eigenvalue weighted by Crippen LogP contribution is 2.28. The minimum atomic E-state index is -0.459. The molecule has 166 valence electrons. The third kappa shape index (κ3) is 4.49. The molecule has 7 nitrogen and oxygen atoms in total. The quantitative estimate of drug-likeness (QED) is 0.662. The number of hydrogen-bond donors (Lipinski definition) is 1. The van der Waals surface area contributed by atoms with Crippen LogP contribution in [0.4, 0.5) is 15.9 Å². The Morgan fingerprint density at radius 3 is 2.53 bits per heavy atom. The minimum absolute atomic E-state index is 0.0212. The fourth-order valence-electron chi connectivity index (χ4n) is 4.05. The van der Waals surface area contributed by atoms with Gasteiger partial charge in [0.15, 0.2) is 0 Å². The van der Waals surface area contributed by atoms with Crippen molar-refractivity contribution >= 4 is 23.3 Å². The zero-order valence-electron chi connectivity index (χ0n) is 18.2. The number of piperidine rings is 1. The van der Waals surface area contributed by atoms with Crippen LogP contribution in [0.3, 0.4) is 0 Å². The van der Waals surface area contributed by atoms with Crippen molar-refractivity contribution in [2.75, 3.05) is 37.4 Å². The first-order chi connectivity index (χ1) is 15.4. The van der Waals surface area contributed by atoms with E-state index < -0.39 is 5.82 Å². The molecule has 0 bridgehead atoms.